The molecule has 37 nitrogen and oxygen atoms in total. The van der Waals surface area contributed by atoms with Crippen LogP contribution < -0.4 is 84.5 Å². The molecule has 0 saturated heterocycles. The van der Waals surface area contributed by atoms with Gasteiger partial charge in [0, 0.05) is 81.9 Å². The van der Waals surface area contributed by atoms with Crippen molar-refractivity contribution < 1.29 is 127 Å². The first-order valence-corrected chi connectivity index (χ1v) is 45.8. The molecular weight excluding hydrogens is 1920 g/mol. The summed E-state index contributed by atoms with van der Waals surface area (Å²) in [5.74, 6) is 0.823. The molecule has 0 spiro atoms. The lowest BCUT2D eigenvalue weighted by Crippen LogP contribution is -2.33. The van der Waals surface area contributed by atoms with Crippen molar-refractivity contribution in [3.05, 3.63) is 306 Å². The van der Waals surface area contributed by atoms with E-state index < -0.39 is 60.9 Å². The number of carboxylic acid groups (broad SMARTS) is 1. The normalized spacial score (nSPS) is 14.3. The molecule has 1 aliphatic carbocycles. The van der Waals surface area contributed by atoms with E-state index in [9.17, 15) is 61.3 Å². The van der Waals surface area contributed by atoms with Crippen LogP contribution in [0.3, 0.4) is 0 Å². The molecular formula is C99H96B2Cl2F2N12O25S. The minimum Gasteiger partial charge on any atom is -0.506 e. The molecule has 6 aromatic heterocycles. The maximum Gasteiger partial charge on any atom is 0.707 e. The Hall–Kier alpha value is -15.8. The van der Waals surface area contributed by atoms with E-state index in [1.165, 1.54) is 100.0 Å². The number of nitrogens with zero attached hydrogens (tertiary/aromatic N) is 6. The fraction of sp³-hybridized carbons (Fsp3) is 0.212. The Morgan fingerprint density at radius 3 is 1.66 bits per heavy atom. The Morgan fingerprint density at radius 1 is 0.552 bits per heavy atom. The highest BCUT2D eigenvalue weighted by Crippen LogP contribution is 2.48. The van der Waals surface area contributed by atoms with E-state index in [1.54, 1.807) is 134 Å². The maximum absolute atomic E-state index is 14.1. The molecule has 143 heavy (non-hydrogen) atoms. The molecule has 4 aliphatic rings. The summed E-state index contributed by atoms with van der Waals surface area (Å²) in [6.45, 7) is 2.34. The van der Waals surface area contributed by atoms with Crippen LogP contribution in [0.25, 0.3) is 40.9 Å². The summed E-state index contributed by atoms with van der Waals surface area (Å²) >= 11 is 12.5. The number of hydrogen-bond donors (Lipinski definition) is 11. The molecule has 2 unspecified atom stereocenters. The highest BCUT2D eigenvalue weighted by molar-refractivity contribution is 7.89. The molecule has 3 aliphatic heterocycles. The number of ether oxygens (including phenoxy) is 9. The lowest BCUT2D eigenvalue weighted by Gasteiger charge is -2.23. The van der Waals surface area contributed by atoms with E-state index in [2.05, 4.69) is 46.5 Å². The third-order valence-corrected chi connectivity index (χ3v) is 23.8. The third-order valence-electron chi connectivity index (χ3n) is 22.4. The van der Waals surface area contributed by atoms with Crippen LogP contribution in [-0.2, 0) is 61.8 Å². The number of aliphatic imine (C=N–C) groups is 2. The zero-order chi connectivity index (χ0) is 102. The number of amides is 5. The first-order valence-electron chi connectivity index (χ1n) is 43.5. The standard InChI is InChI=1S/C26H24ClN3O7.C25H23BFN3O6.C25H26ClN3O6S.C23H23BFN3O6/c1-14-18(7-15-8-20(34-2)25(21(9-15)35-3)37-13-22(31)32)24-19(10-16(27)11-28-24)23(14)30-26(33)29-12-17-5-4-6-36-17;1-34-22-10-15(11-23(35-2)25(22)36-26(32)33)9-20-18-7-6-16(27)12-19(18)21(30-20)13-24(31)29-14-17-5-3-4-8-28-17;1-29-20(9-15-10-22(33-2)25(36(27,31)32)23(11-15)34-3)18-7-6-16(26)12-19(18)21(29)13-24(30)28-14-17-5-4-8-35-17;1-32-19-7-13(8-20(33-2)23(19)24(30)31)6-17-16-12-26-21(25)9-15(16)18(28-17)10-22(29)27-11-14-4-3-5-34-14/h4-11H,12-13H2,1-3H3,(H,31,32)(H2,29,30,33);3-12,32-33H,13-14H2,1-2H3,(H,29,31);4-12,21H,13-14H2,1-3H3,(H,28,30)(H2,27,31,32);3-5,7-9,12,18,30-31H,6,10-11H2,1-2H3,(H,27,29)/b18-7-;2*20-9+;. The number of carbonyl (C=O) groups is 5. The van der Waals surface area contributed by atoms with Crippen LogP contribution in [0.5, 0.6) is 57.5 Å². The number of carbonyl (C=O) groups excluding carboxylic acids is 4. The molecule has 0 bridgehead atoms. The Kier molecular flexibility index (Phi) is 35.0. The molecule has 0 fully saturated rings. The number of nitrogens with two attached hydrogens (primary N) is 1. The summed E-state index contributed by atoms with van der Waals surface area (Å²) < 4.78 is 121. The van der Waals surface area contributed by atoms with E-state index in [-0.39, 0.29) is 119 Å². The van der Waals surface area contributed by atoms with Crippen molar-refractivity contribution in [1.29, 1.82) is 0 Å². The van der Waals surface area contributed by atoms with Crippen LogP contribution in [-0.4, -0.2) is 180 Å². The fourth-order valence-electron chi connectivity index (χ4n) is 15.9. The molecule has 12 aromatic rings. The number of benzene rings is 6. The smallest absolute Gasteiger partial charge is 0.506 e. The topological polar surface area (TPSA) is 505 Å². The van der Waals surface area contributed by atoms with Gasteiger partial charge in [-0.15, -0.1) is 0 Å². The number of pyridine rings is 3. The molecule has 742 valence electrons. The minimum absolute atomic E-state index is 0.0137. The zero-order valence-electron chi connectivity index (χ0n) is 78.4. The summed E-state index contributed by atoms with van der Waals surface area (Å²) in [5, 5.41) is 67.2. The van der Waals surface area contributed by atoms with Crippen LogP contribution in [0.4, 0.5) is 13.6 Å². The first kappa shape index (κ1) is 105. The van der Waals surface area contributed by atoms with Gasteiger partial charge in [0.25, 0.3) is 0 Å². The lowest BCUT2D eigenvalue weighted by molar-refractivity contribution is -0.139. The van der Waals surface area contributed by atoms with Crippen LogP contribution in [0.1, 0.15) is 128 Å². The average molecular weight is 2020 g/mol. The molecule has 0 radical (unpaired) electrons. The number of urea groups is 1. The van der Waals surface area contributed by atoms with Crippen molar-refractivity contribution in [1.82, 2.24) is 46.4 Å². The summed E-state index contributed by atoms with van der Waals surface area (Å²) in [4.78, 5) is 85.0. The second kappa shape index (κ2) is 47.9. The van der Waals surface area contributed by atoms with Gasteiger partial charge in [-0.25, -0.2) is 32.5 Å². The monoisotopic (exact) mass is 2010 g/mol. The number of primary sulfonamides is 1. The number of rotatable bonds is 35. The molecule has 6 aromatic carbocycles. The Bertz CT molecular complexity index is 6920. The first-order chi connectivity index (χ1) is 68.7. The van der Waals surface area contributed by atoms with Crippen molar-refractivity contribution >= 4 is 135 Å². The molecule has 12 N–H and O–H groups in total. The number of fused-ring (bicyclic) bond motifs is 4. The number of allylic oxidation sites excluding steroid dienone is 2. The highest BCUT2D eigenvalue weighted by Gasteiger charge is 2.37. The van der Waals surface area contributed by atoms with Gasteiger partial charge in [0.15, 0.2) is 40.2 Å². The number of halogens is 4. The van der Waals surface area contributed by atoms with Gasteiger partial charge in [-0.1, -0.05) is 35.3 Å². The van der Waals surface area contributed by atoms with Crippen LogP contribution >= 0.6 is 23.2 Å². The zero-order valence-corrected chi connectivity index (χ0v) is 80.7. The van der Waals surface area contributed by atoms with Crippen molar-refractivity contribution in [3.8, 4) is 57.5 Å². The molecule has 0 saturated carbocycles. The number of aliphatic carboxylic acids is 1. The number of aromatic nitrogens is 3. The SMILES string of the molecule is COc1cc(/C=C2/C(C)=C(NC(=O)NCc3ccco3)c3cc(Cl)cnc32)cc(OC)c1OCC(=O)O.COc1cc(/C=C2/N=C(CC(=O)NCc3ccccn3)c3cc(F)ccc32)cc(OC)c1OB(O)O.COc1cc(/C=C2\c3ccc(Cl)cc3C(CC(=O)NCc3ccco3)N2C)cc(OC)c1S(N)(=O)=O.COc1cc(CC2=NC(CC(=O)NCc3ccco3)c3cc(F)ncc32)cc(OC)c1B(O)O. The predicted octanol–water partition coefficient (Wildman–Crippen LogP) is 12.3. The van der Waals surface area contributed by atoms with Crippen molar-refractivity contribution in [2.24, 2.45) is 15.1 Å². The van der Waals surface area contributed by atoms with Crippen molar-refractivity contribution in [2.75, 3.05) is 70.5 Å². The number of methoxy groups -OCH3 is 8. The van der Waals surface area contributed by atoms with Crippen molar-refractivity contribution in [2.45, 2.75) is 75.8 Å². The van der Waals surface area contributed by atoms with Gasteiger partial charge in [0.05, 0.1) is 172 Å². The van der Waals surface area contributed by atoms with Gasteiger partial charge in [-0.2, -0.15) is 4.39 Å². The Balaban J connectivity index is 0.000000160. The van der Waals surface area contributed by atoms with Crippen LogP contribution in [0.2, 0.25) is 10.0 Å². The lowest BCUT2D eigenvalue weighted by atomic mass is 9.78. The number of hydrogen-bond acceptors (Lipinski definition) is 30. The van der Waals surface area contributed by atoms with Gasteiger partial charge in [-0.05, 0) is 204 Å². The molecule has 9 heterocycles. The fourth-order valence-corrected chi connectivity index (χ4v) is 17.1. The molecule has 5 amide bonds. The number of nitrogens with one attached hydrogen (secondary N) is 5. The van der Waals surface area contributed by atoms with E-state index in [4.69, 9.17) is 99.0 Å². The van der Waals surface area contributed by atoms with Gasteiger partial charge in [0.1, 0.15) is 46.1 Å². The highest BCUT2D eigenvalue weighted by atomic mass is 35.5. The number of carboxylic acids is 1. The third kappa shape index (κ3) is 26.3. The van der Waals surface area contributed by atoms with E-state index in [1.807, 2.05) is 49.2 Å². The summed E-state index contributed by atoms with van der Waals surface area (Å²) in [5.41, 5.74) is 13.4. The second-order valence-electron chi connectivity index (χ2n) is 31.6. The minimum atomic E-state index is -4.09. The van der Waals surface area contributed by atoms with Crippen LogP contribution in [0.15, 0.2) is 223 Å². The van der Waals surface area contributed by atoms with E-state index in [0.717, 1.165) is 39.2 Å². The maximum atomic E-state index is 14.1. The molecule has 44 heteroatoms. The van der Waals surface area contributed by atoms with Crippen molar-refractivity contribution in [3.63, 3.8) is 0 Å². The van der Waals surface area contributed by atoms with E-state index in [0.29, 0.717) is 125 Å². The second-order valence-corrected chi connectivity index (χ2v) is 34.0. The van der Waals surface area contributed by atoms with E-state index >= 15 is 0 Å². The van der Waals surface area contributed by atoms with Gasteiger partial charge in [-0.3, -0.25) is 34.3 Å². The molecule has 16 rings (SSSR count). The van der Waals surface area contributed by atoms with Gasteiger partial charge in [0.2, 0.25) is 39.4 Å². The number of sulfonamides is 1. The van der Waals surface area contributed by atoms with Crippen LogP contribution in [0, 0.1) is 11.8 Å². The number of furan rings is 3. The summed E-state index contributed by atoms with van der Waals surface area (Å²) in [6, 6.07) is 40.6. The quantitative estimate of drug-likeness (QED) is 0.0130. The summed E-state index contributed by atoms with van der Waals surface area (Å²) in [6.07, 6.45) is 15.1. The van der Waals surface area contributed by atoms with Gasteiger partial charge >= 0.3 is 26.4 Å². The Labute approximate surface area is 829 Å². The Morgan fingerprint density at radius 2 is 1.11 bits per heavy atom. The van der Waals surface area contributed by atoms with Gasteiger partial charge < -0.3 is 117 Å². The average Bonchev–Trinajstić information content (AvgIpc) is 1.45. The predicted molar refractivity (Wildman–Crippen MR) is 526 cm³/mol. The summed E-state index contributed by atoms with van der Waals surface area (Å²) in [7, 11) is 5.19. The largest absolute Gasteiger partial charge is 0.707 e. The molecule has 2 atom stereocenters.